The van der Waals surface area contributed by atoms with Crippen LogP contribution < -0.4 is 0 Å². The molecule has 0 aromatic heterocycles. The lowest BCUT2D eigenvalue weighted by molar-refractivity contribution is -0.140. The smallest absolute Gasteiger partial charge is 0.333 e. The normalized spacial score (nSPS) is 14.1. The van der Waals surface area contributed by atoms with Gasteiger partial charge >= 0.3 is 5.97 Å². The van der Waals surface area contributed by atoms with E-state index in [1.807, 2.05) is 42.5 Å². The predicted octanol–water partition coefficient (Wildman–Crippen LogP) is 3.12. The Morgan fingerprint density at radius 1 is 1.00 bits per heavy atom. The van der Waals surface area contributed by atoms with Crippen molar-refractivity contribution in [2.24, 2.45) is 0 Å². The molecular formula is C23H23NO5. The summed E-state index contributed by atoms with van der Waals surface area (Å²) in [6.45, 7) is 7.31. The van der Waals surface area contributed by atoms with Crippen LogP contribution in [0.4, 0.5) is 0 Å². The lowest BCUT2D eigenvalue weighted by atomic mass is 9.96. The fourth-order valence-corrected chi connectivity index (χ4v) is 3.24. The molecule has 1 aliphatic heterocycles. The van der Waals surface area contributed by atoms with Crippen LogP contribution in [-0.2, 0) is 23.9 Å². The summed E-state index contributed by atoms with van der Waals surface area (Å²) in [6.07, 6.45) is 0. The van der Waals surface area contributed by atoms with Crippen LogP contribution in [0.1, 0.15) is 19.4 Å². The van der Waals surface area contributed by atoms with Crippen LogP contribution in [0.25, 0.3) is 16.3 Å². The Labute approximate surface area is 169 Å². The Morgan fingerprint density at radius 3 is 2.48 bits per heavy atom. The van der Waals surface area contributed by atoms with Gasteiger partial charge in [-0.1, -0.05) is 49.0 Å². The zero-order valence-electron chi connectivity index (χ0n) is 16.6. The number of fused-ring (bicyclic) bond motifs is 1. The standard InChI is InChI=1S/C23H23NO5/c1-15(2)23(27)29-14-13-28-12-11-24-21(25)16(3)20(22(24)26)19-10-6-8-17-7-4-5-9-18(17)19/h4-10H,1,11-14H2,2-3H3. The molecule has 0 saturated heterocycles. The van der Waals surface area contributed by atoms with Gasteiger partial charge in [-0.3, -0.25) is 14.5 Å². The van der Waals surface area contributed by atoms with Gasteiger partial charge in [-0.2, -0.15) is 0 Å². The van der Waals surface area contributed by atoms with Gasteiger partial charge < -0.3 is 9.47 Å². The predicted molar refractivity (Wildman–Crippen MR) is 110 cm³/mol. The van der Waals surface area contributed by atoms with Crippen molar-refractivity contribution < 1.29 is 23.9 Å². The van der Waals surface area contributed by atoms with Gasteiger partial charge in [0.25, 0.3) is 11.8 Å². The van der Waals surface area contributed by atoms with Crippen LogP contribution in [0.3, 0.4) is 0 Å². The van der Waals surface area contributed by atoms with Crippen molar-refractivity contribution in [3.05, 3.63) is 65.8 Å². The number of esters is 1. The van der Waals surface area contributed by atoms with Crippen molar-refractivity contribution in [3.8, 4) is 0 Å². The summed E-state index contributed by atoms with van der Waals surface area (Å²) in [5.74, 6) is -1.10. The van der Waals surface area contributed by atoms with E-state index >= 15 is 0 Å². The van der Waals surface area contributed by atoms with Crippen LogP contribution in [-0.4, -0.2) is 49.0 Å². The fraction of sp³-hybridized carbons (Fsp3) is 0.261. The number of ether oxygens (including phenoxy) is 2. The Morgan fingerprint density at radius 2 is 1.72 bits per heavy atom. The van der Waals surface area contributed by atoms with Gasteiger partial charge in [-0.25, -0.2) is 4.79 Å². The molecule has 0 spiro atoms. The minimum absolute atomic E-state index is 0.0894. The summed E-state index contributed by atoms with van der Waals surface area (Å²) in [5, 5.41) is 1.94. The van der Waals surface area contributed by atoms with Crippen molar-refractivity contribution in [1.29, 1.82) is 0 Å². The van der Waals surface area contributed by atoms with Gasteiger partial charge in [-0.05, 0) is 30.2 Å². The first kappa shape index (κ1) is 20.5. The number of rotatable bonds is 8. The molecular weight excluding hydrogens is 370 g/mol. The maximum atomic E-state index is 13.0. The van der Waals surface area contributed by atoms with E-state index in [4.69, 9.17) is 9.47 Å². The second kappa shape index (κ2) is 8.84. The van der Waals surface area contributed by atoms with Crippen LogP contribution in [0.2, 0.25) is 0 Å². The van der Waals surface area contributed by atoms with E-state index in [-0.39, 0.29) is 38.2 Å². The molecule has 0 N–H and O–H groups in total. The van der Waals surface area contributed by atoms with Crippen LogP contribution in [0.5, 0.6) is 0 Å². The van der Waals surface area contributed by atoms with E-state index in [1.165, 1.54) is 4.90 Å². The number of carbonyl (C=O) groups excluding carboxylic acids is 3. The van der Waals surface area contributed by atoms with Crippen molar-refractivity contribution in [2.75, 3.05) is 26.4 Å². The summed E-state index contributed by atoms with van der Waals surface area (Å²) in [5.41, 5.74) is 1.94. The van der Waals surface area contributed by atoms with E-state index in [2.05, 4.69) is 6.58 Å². The van der Waals surface area contributed by atoms with Crippen LogP contribution in [0, 0.1) is 0 Å². The fourth-order valence-electron chi connectivity index (χ4n) is 3.24. The molecule has 0 saturated carbocycles. The first-order valence-electron chi connectivity index (χ1n) is 9.37. The second-order valence-corrected chi connectivity index (χ2v) is 6.82. The number of imide groups is 1. The van der Waals surface area contributed by atoms with Crippen molar-refractivity contribution >= 4 is 34.1 Å². The highest BCUT2D eigenvalue weighted by atomic mass is 16.6. The summed E-state index contributed by atoms with van der Waals surface area (Å²) < 4.78 is 10.3. The van der Waals surface area contributed by atoms with E-state index in [0.29, 0.717) is 16.7 Å². The molecule has 0 bridgehead atoms. The van der Waals surface area contributed by atoms with Crippen molar-refractivity contribution in [1.82, 2.24) is 4.90 Å². The van der Waals surface area contributed by atoms with Crippen LogP contribution in [0.15, 0.2) is 60.2 Å². The Hall–Kier alpha value is -3.25. The van der Waals surface area contributed by atoms with Gasteiger partial charge in [-0.15, -0.1) is 0 Å². The molecule has 6 nitrogen and oxygen atoms in total. The zero-order valence-corrected chi connectivity index (χ0v) is 16.6. The molecule has 3 rings (SSSR count). The lowest BCUT2D eigenvalue weighted by Crippen LogP contribution is -2.34. The number of hydrogen-bond donors (Lipinski definition) is 0. The molecule has 0 atom stereocenters. The molecule has 0 radical (unpaired) electrons. The van der Waals surface area contributed by atoms with E-state index in [1.54, 1.807) is 13.8 Å². The minimum atomic E-state index is -0.474. The first-order chi connectivity index (χ1) is 13.9. The molecule has 0 aliphatic carbocycles. The topological polar surface area (TPSA) is 72.9 Å². The minimum Gasteiger partial charge on any atom is -0.460 e. The molecule has 0 unspecified atom stereocenters. The summed E-state index contributed by atoms with van der Waals surface area (Å²) in [4.78, 5) is 38.1. The van der Waals surface area contributed by atoms with Gasteiger partial charge in [0, 0.05) is 11.1 Å². The van der Waals surface area contributed by atoms with Crippen LogP contribution >= 0.6 is 0 Å². The van der Waals surface area contributed by atoms with Gasteiger partial charge in [0.2, 0.25) is 0 Å². The Balaban J connectivity index is 1.63. The first-order valence-corrected chi connectivity index (χ1v) is 9.37. The summed E-state index contributed by atoms with van der Waals surface area (Å²) >= 11 is 0. The van der Waals surface area contributed by atoms with E-state index < -0.39 is 5.97 Å². The molecule has 6 heteroatoms. The largest absolute Gasteiger partial charge is 0.460 e. The highest BCUT2D eigenvalue weighted by molar-refractivity contribution is 6.37. The SMILES string of the molecule is C=C(C)C(=O)OCCOCCN1C(=O)C(C)=C(c2cccc3ccccc23)C1=O. The zero-order chi connectivity index (χ0) is 21.0. The van der Waals surface area contributed by atoms with E-state index in [9.17, 15) is 14.4 Å². The number of amides is 2. The molecule has 2 aromatic carbocycles. The summed E-state index contributed by atoms with van der Waals surface area (Å²) in [7, 11) is 0. The summed E-state index contributed by atoms with van der Waals surface area (Å²) in [6, 6.07) is 13.5. The molecule has 1 aliphatic rings. The van der Waals surface area contributed by atoms with E-state index in [0.717, 1.165) is 16.3 Å². The second-order valence-electron chi connectivity index (χ2n) is 6.82. The lowest BCUT2D eigenvalue weighted by Gasteiger charge is -2.15. The molecule has 2 aromatic rings. The molecule has 2 amide bonds. The van der Waals surface area contributed by atoms with Crippen molar-refractivity contribution in [3.63, 3.8) is 0 Å². The Bertz CT molecular complexity index is 1020. The molecule has 1 heterocycles. The number of nitrogens with zero attached hydrogens (tertiary/aromatic N) is 1. The monoisotopic (exact) mass is 393 g/mol. The maximum Gasteiger partial charge on any atom is 0.333 e. The number of benzene rings is 2. The highest BCUT2D eigenvalue weighted by Gasteiger charge is 2.36. The number of hydrogen-bond acceptors (Lipinski definition) is 5. The maximum absolute atomic E-state index is 13.0. The third-order valence-corrected chi connectivity index (χ3v) is 4.73. The van der Waals surface area contributed by atoms with Gasteiger partial charge in [0.1, 0.15) is 6.61 Å². The van der Waals surface area contributed by atoms with Crippen molar-refractivity contribution in [2.45, 2.75) is 13.8 Å². The molecule has 29 heavy (non-hydrogen) atoms. The average Bonchev–Trinajstić information content (AvgIpc) is 2.92. The quantitative estimate of drug-likeness (QED) is 0.298. The van der Waals surface area contributed by atoms with Gasteiger partial charge in [0.05, 0.1) is 25.3 Å². The molecule has 150 valence electrons. The third kappa shape index (κ3) is 4.27. The molecule has 0 fully saturated rings. The Kier molecular flexibility index (Phi) is 6.24. The third-order valence-electron chi connectivity index (χ3n) is 4.73. The number of carbonyl (C=O) groups is 3. The van der Waals surface area contributed by atoms with Gasteiger partial charge in [0.15, 0.2) is 0 Å². The average molecular weight is 393 g/mol. The highest BCUT2D eigenvalue weighted by Crippen LogP contribution is 2.33.